The van der Waals surface area contributed by atoms with Crippen molar-refractivity contribution < 1.29 is 10.2 Å². The third-order valence-electron chi connectivity index (χ3n) is 3.19. The largest absolute Gasteiger partial charge is 0.395 e. The maximum atomic E-state index is 9.18. The van der Waals surface area contributed by atoms with Gasteiger partial charge >= 0.3 is 0 Å². The maximum absolute atomic E-state index is 9.18. The molecule has 17 heavy (non-hydrogen) atoms. The van der Waals surface area contributed by atoms with Crippen molar-refractivity contribution in [3.63, 3.8) is 0 Å². The Hall–Kier alpha value is -1.79. The average molecular weight is 232 g/mol. The van der Waals surface area contributed by atoms with Gasteiger partial charge in [0, 0.05) is 5.41 Å². The van der Waals surface area contributed by atoms with Crippen LogP contribution in [0.25, 0.3) is 17.2 Å². The summed E-state index contributed by atoms with van der Waals surface area (Å²) in [4.78, 5) is 15.4. The van der Waals surface area contributed by atoms with Gasteiger partial charge in [-0.25, -0.2) is 15.0 Å². The molecule has 2 heterocycles. The highest BCUT2D eigenvalue weighted by Gasteiger charge is 2.47. The van der Waals surface area contributed by atoms with Gasteiger partial charge in [0.05, 0.1) is 25.7 Å². The number of hydrogen-bond acceptors (Lipinski definition) is 5. The fourth-order valence-corrected chi connectivity index (χ4v) is 1.86. The van der Waals surface area contributed by atoms with Gasteiger partial charge in [0.25, 0.3) is 0 Å². The lowest BCUT2D eigenvalue weighted by molar-refractivity contribution is 0.143. The van der Waals surface area contributed by atoms with Crippen LogP contribution < -0.4 is 0 Å². The molecular weight excluding hydrogens is 220 g/mol. The zero-order chi connectivity index (χ0) is 11.9. The molecule has 88 valence electrons. The SMILES string of the molecule is OCC1(CO)CC1=Cc1ncc2[nH]cnc2n1. The minimum Gasteiger partial charge on any atom is -0.395 e. The number of nitrogens with one attached hydrogen (secondary N) is 1. The molecular formula is C11H12N4O2. The fraction of sp³-hybridized carbons (Fsp3) is 0.364. The summed E-state index contributed by atoms with van der Waals surface area (Å²) >= 11 is 0. The molecule has 3 N–H and O–H groups in total. The van der Waals surface area contributed by atoms with E-state index in [4.69, 9.17) is 0 Å². The van der Waals surface area contributed by atoms with Crippen molar-refractivity contribution in [1.82, 2.24) is 19.9 Å². The van der Waals surface area contributed by atoms with E-state index < -0.39 is 5.41 Å². The molecule has 0 bridgehead atoms. The van der Waals surface area contributed by atoms with Gasteiger partial charge in [-0.15, -0.1) is 0 Å². The summed E-state index contributed by atoms with van der Waals surface area (Å²) in [5.74, 6) is 0.559. The topological polar surface area (TPSA) is 94.9 Å². The predicted octanol–water partition coefficient (Wildman–Crippen LogP) is 0.111. The van der Waals surface area contributed by atoms with Gasteiger partial charge in [-0.1, -0.05) is 5.57 Å². The summed E-state index contributed by atoms with van der Waals surface area (Å²) in [5, 5.41) is 18.4. The van der Waals surface area contributed by atoms with E-state index in [1.165, 1.54) is 0 Å². The molecule has 0 aromatic carbocycles. The summed E-state index contributed by atoms with van der Waals surface area (Å²) in [7, 11) is 0. The minimum absolute atomic E-state index is 0.0417. The lowest BCUT2D eigenvalue weighted by Gasteiger charge is -2.04. The molecule has 0 atom stereocenters. The van der Waals surface area contributed by atoms with Crippen molar-refractivity contribution in [3.8, 4) is 0 Å². The van der Waals surface area contributed by atoms with E-state index in [0.29, 0.717) is 17.9 Å². The molecule has 1 aliphatic rings. The number of fused-ring (bicyclic) bond motifs is 1. The van der Waals surface area contributed by atoms with Crippen LogP contribution in [0, 0.1) is 5.41 Å². The zero-order valence-corrected chi connectivity index (χ0v) is 9.09. The van der Waals surface area contributed by atoms with Gasteiger partial charge in [-0.2, -0.15) is 0 Å². The molecule has 1 aliphatic carbocycles. The molecule has 6 heteroatoms. The molecule has 0 unspecified atom stereocenters. The van der Waals surface area contributed by atoms with Gasteiger partial charge in [-0.3, -0.25) is 0 Å². The van der Waals surface area contributed by atoms with Crippen LogP contribution in [0.2, 0.25) is 0 Å². The van der Waals surface area contributed by atoms with E-state index in [1.54, 1.807) is 18.6 Å². The second-order valence-electron chi connectivity index (χ2n) is 4.31. The molecule has 0 saturated heterocycles. The van der Waals surface area contributed by atoms with Crippen LogP contribution in [-0.4, -0.2) is 43.4 Å². The summed E-state index contributed by atoms with van der Waals surface area (Å²) < 4.78 is 0. The average Bonchev–Trinajstić information content (AvgIpc) is 2.84. The first kappa shape index (κ1) is 10.4. The van der Waals surface area contributed by atoms with Crippen molar-refractivity contribution in [2.75, 3.05) is 13.2 Å². The number of nitrogens with zero attached hydrogens (tertiary/aromatic N) is 3. The number of rotatable bonds is 3. The molecule has 0 aliphatic heterocycles. The number of aromatic amines is 1. The van der Waals surface area contributed by atoms with Crippen LogP contribution in [0.3, 0.4) is 0 Å². The van der Waals surface area contributed by atoms with Gasteiger partial charge in [0.1, 0.15) is 5.52 Å². The van der Waals surface area contributed by atoms with E-state index in [1.807, 2.05) is 0 Å². The second-order valence-corrected chi connectivity index (χ2v) is 4.31. The highest BCUT2D eigenvalue weighted by Crippen LogP contribution is 2.51. The highest BCUT2D eigenvalue weighted by atomic mass is 16.3. The third kappa shape index (κ3) is 1.62. The van der Waals surface area contributed by atoms with Gasteiger partial charge in [0.2, 0.25) is 0 Å². The van der Waals surface area contributed by atoms with Crippen LogP contribution in [0.5, 0.6) is 0 Å². The Morgan fingerprint density at radius 1 is 1.35 bits per heavy atom. The number of aliphatic hydroxyl groups excluding tert-OH is 2. The summed E-state index contributed by atoms with van der Waals surface area (Å²) in [6, 6.07) is 0. The molecule has 2 aromatic heterocycles. The number of aromatic nitrogens is 4. The Morgan fingerprint density at radius 3 is 2.88 bits per heavy atom. The summed E-state index contributed by atoms with van der Waals surface area (Å²) in [6.45, 7) is -0.0834. The molecule has 1 saturated carbocycles. The number of aliphatic hydroxyl groups is 2. The number of hydrogen-bond donors (Lipinski definition) is 3. The summed E-state index contributed by atoms with van der Waals surface area (Å²) in [5.41, 5.74) is 1.94. The number of H-pyrrole nitrogens is 1. The van der Waals surface area contributed by atoms with Crippen LogP contribution in [0.4, 0.5) is 0 Å². The van der Waals surface area contributed by atoms with Crippen LogP contribution in [0.1, 0.15) is 12.2 Å². The molecule has 1 fully saturated rings. The first-order chi connectivity index (χ1) is 8.27. The first-order valence-corrected chi connectivity index (χ1v) is 5.36. The fourth-order valence-electron chi connectivity index (χ4n) is 1.86. The van der Waals surface area contributed by atoms with Crippen molar-refractivity contribution in [1.29, 1.82) is 0 Å². The standard InChI is InChI=1S/C11H12N4O2/c16-4-11(5-17)2-7(11)1-9-12-3-8-10(15-9)14-6-13-8/h1,3,6,16-17H,2,4-5H2,(H,12,13,14,15). The molecule has 6 nitrogen and oxygen atoms in total. The van der Waals surface area contributed by atoms with E-state index in [2.05, 4.69) is 19.9 Å². The Labute approximate surface area is 97.1 Å². The Morgan fingerprint density at radius 2 is 2.18 bits per heavy atom. The molecule has 0 amide bonds. The van der Waals surface area contributed by atoms with E-state index in [-0.39, 0.29) is 13.2 Å². The van der Waals surface area contributed by atoms with Crippen molar-refractivity contribution in [2.45, 2.75) is 6.42 Å². The van der Waals surface area contributed by atoms with Crippen LogP contribution in [-0.2, 0) is 0 Å². The monoisotopic (exact) mass is 232 g/mol. The predicted molar refractivity (Wildman–Crippen MR) is 60.9 cm³/mol. The molecule has 0 radical (unpaired) electrons. The Balaban J connectivity index is 1.93. The third-order valence-corrected chi connectivity index (χ3v) is 3.19. The first-order valence-electron chi connectivity index (χ1n) is 5.36. The van der Waals surface area contributed by atoms with Crippen LogP contribution in [0.15, 0.2) is 18.1 Å². The minimum atomic E-state index is -0.454. The molecule has 2 aromatic rings. The maximum Gasteiger partial charge on any atom is 0.181 e. The van der Waals surface area contributed by atoms with Crippen molar-refractivity contribution in [3.05, 3.63) is 23.9 Å². The zero-order valence-electron chi connectivity index (χ0n) is 9.09. The quantitative estimate of drug-likeness (QED) is 0.698. The van der Waals surface area contributed by atoms with E-state index >= 15 is 0 Å². The van der Waals surface area contributed by atoms with Crippen molar-refractivity contribution in [2.24, 2.45) is 5.41 Å². The summed E-state index contributed by atoms with van der Waals surface area (Å²) in [6.07, 6.45) is 5.74. The van der Waals surface area contributed by atoms with Gasteiger partial charge < -0.3 is 15.2 Å². The van der Waals surface area contributed by atoms with Crippen molar-refractivity contribution >= 4 is 17.2 Å². The second kappa shape index (κ2) is 3.61. The van der Waals surface area contributed by atoms with Crippen LogP contribution >= 0.6 is 0 Å². The van der Waals surface area contributed by atoms with Gasteiger partial charge in [0.15, 0.2) is 11.5 Å². The smallest absolute Gasteiger partial charge is 0.181 e. The number of imidazole rings is 1. The van der Waals surface area contributed by atoms with E-state index in [0.717, 1.165) is 11.1 Å². The van der Waals surface area contributed by atoms with E-state index in [9.17, 15) is 10.2 Å². The molecule has 3 rings (SSSR count). The Bertz CT molecular complexity index is 586. The molecule has 0 spiro atoms. The lowest BCUT2D eigenvalue weighted by Crippen LogP contribution is -2.11. The normalized spacial score (nSPS) is 20.0. The highest BCUT2D eigenvalue weighted by molar-refractivity contribution is 5.70. The van der Waals surface area contributed by atoms with Gasteiger partial charge in [-0.05, 0) is 12.5 Å². The lowest BCUT2D eigenvalue weighted by atomic mass is 10.1. The Kier molecular flexibility index (Phi) is 2.20.